The van der Waals surface area contributed by atoms with E-state index in [0.29, 0.717) is 5.82 Å². The van der Waals surface area contributed by atoms with Gasteiger partial charge in [0.1, 0.15) is 11.6 Å². The smallest absolute Gasteiger partial charge is 0.276 e. The van der Waals surface area contributed by atoms with Crippen LogP contribution in [0.2, 0.25) is 0 Å². The van der Waals surface area contributed by atoms with Crippen LogP contribution in [-0.4, -0.2) is 27.2 Å². The van der Waals surface area contributed by atoms with Gasteiger partial charge in [-0.3, -0.25) is 10.1 Å². The predicted octanol–water partition coefficient (Wildman–Crippen LogP) is 0.899. The molecule has 2 rings (SSSR count). The van der Waals surface area contributed by atoms with E-state index in [1.807, 2.05) is 0 Å². The normalized spacial score (nSPS) is 17.2. The Morgan fingerprint density at radius 3 is 2.76 bits per heavy atom. The molecule has 7 nitrogen and oxygen atoms in total. The van der Waals surface area contributed by atoms with Gasteiger partial charge in [0.15, 0.2) is 0 Å². The fourth-order valence-electron chi connectivity index (χ4n) is 1.90. The van der Waals surface area contributed by atoms with E-state index in [0.717, 1.165) is 19.3 Å². The Balaban J connectivity index is 2.23. The van der Waals surface area contributed by atoms with E-state index in [2.05, 4.69) is 10.3 Å². The van der Waals surface area contributed by atoms with Crippen LogP contribution in [-0.2, 0) is 0 Å². The molecule has 0 aromatic carbocycles. The average Bonchev–Trinajstić information content (AvgIpc) is 2.22. The number of anilines is 2. The van der Waals surface area contributed by atoms with Gasteiger partial charge in [-0.25, -0.2) is 4.98 Å². The molecule has 17 heavy (non-hydrogen) atoms. The van der Waals surface area contributed by atoms with Crippen LogP contribution >= 0.6 is 0 Å². The molecule has 0 aliphatic heterocycles. The number of hydrogen-bond acceptors (Lipinski definition) is 6. The van der Waals surface area contributed by atoms with Crippen molar-refractivity contribution in [3.8, 4) is 0 Å². The van der Waals surface area contributed by atoms with Crippen LogP contribution < -0.4 is 11.1 Å². The van der Waals surface area contributed by atoms with Gasteiger partial charge in [-0.1, -0.05) is 0 Å². The lowest BCUT2D eigenvalue weighted by Gasteiger charge is -2.41. The van der Waals surface area contributed by atoms with Gasteiger partial charge in [0.2, 0.25) is 0 Å². The van der Waals surface area contributed by atoms with Crippen LogP contribution in [0.4, 0.5) is 17.3 Å². The molecular weight excluding hydrogens is 224 g/mol. The molecule has 1 aromatic heterocycles. The number of nitrogen functional groups attached to an aromatic ring is 1. The third kappa shape index (κ3) is 2.28. The second-order valence-corrected chi connectivity index (χ2v) is 4.31. The first-order valence-electron chi connectivity index (χ1n) is 5.36. The molecule has 92 valence electrons. The molecule has 0 unspecified atom stereocenters. The standard InChI is InChI=1S/C10H14N4O3/c11-8-4-7(14(16)17)5-9(12-8)13-10(6-15)2-1-3-10/h4-5,15H,1-3,6H2,(H3,11,12,13). The van der Waals surface area contributed by atoms with Crippen molar-refractivity contribution in [2.75, 3.05) is 17.7 Å². The molecule has 0 saturated heterocycles. The minimum atomic E-state index is -0.518. The van der Waals surface area contributed by atoms with Crippen molar-refractivity contribution < 1.29 is 10.0 Å². The number of rotatable bonds is 4. The number of pyridine rings is 1. The number of nitrogens with two attached hydrogens (primary N) is 1. The van der Waals surface area contributed by atoms with E-state index in [1.54, 1.807) is 0 Å². The number of nitrogens with zero attached hydrogens (tertiary/aromatic N) is 2. The molecule has 0 amide bonds. The SMILES string of the molecule is Nc1cc([N+](=O)[O-])cc(NC2(CO)CCC2)n1. The first-order chi connectivity index (χ1) is 8.04. The first-order valence-corrected chi connectivity index (χ1v) is 5.36. The summed E-state index contributed by atoms with van der Waals surface area (Å²) in [6.07, 6.45) is 2.68. The Morgan fingerprint density at radius 1 is 1.59 bits per heavy atom. The quantitative estimate of drug-likeness (QED) is 0.530. The number of nitro groups is 1. The topological polar surface area (TPSA) is 114 Å². The van der Waals surface area contributed by atoms with Crippen molar-refractivity contribution in [3.63, 3.8) is 0 Å². The van der Waals surface area contributed by atoms with Crippen molar-refractivity contribution in [1.29, 1.82) is 0 Å². The lowest BCUT2D eigenvalue weighted by atomic mass is 9.77. The zero-order chi connectivity index (χ0) is 12.5. The Hall–Kier alpha value is -1.89. The van der Waals surface area contributed by atoms with Crippen molar-refractivity contribution >= 4 is 17.3 Å². The summed E-state index contributed by atoms with van der Waals surface area (Å²) in [6, 6.07) is 2.53. The highest BCUT2D eigenvalue weighted by atomic mass is 16.6. The number of aromatic nitrogens is 1. The molecule has 0 spiro atoms. The largest absolute Gasteiger partial charge is 0.394 e. The third-order valence-electron chi connectivity index (χ3n) is 3.05. The molecule has 1 aromatic rings. The van der Waals surface area contributed by atoms with Gasteiger partial charge in [0.25, 0.3) is 5.69 Å². The summed E-state index contributed by atoms with van der Waals surface area (Å²) in [5, 5.41) is 23.0. The highest BCUT2D eigenvalue weighted by Gasteiger charge is 2.36. The molecule has 1 aliphatic rings. The Kier molecular flexibility index (Phi) is 2.84. The van der Waals surface area contributed by atoms with E-state index in [1.165, 1.54) is 12.1 Å². The van der Waals surface area contributed by atoms with E-state index >= 15 is 0 Å². The second kappa shape index (κ2) is 4.17. The summed E-state index contributed by atoms with van der Waals surface area (Å²) in [5.74, 6) is 0.430. The molecule has 0 atom stereocenters. The summed E-state index contributed by atoms with van der Waals surface area (Å²) in [6.45, 7) is -0.0166. The molecule has 1 saturated carbocycles. The highest BCUT2D eigenvalue weighted by molar-refractivity contribution is 5.54. The lowest BCUT2D eigenvalue weighted by molar-refractivity contribution is -0.384. The fraction of sp³-hybridized carbons (Fsp3) is 0.500. The maximum absolute atomic E-state index is 10.7. The van der Waals surface area contributed by atoms with Gasteiger partial charge in [-0.15, -0.1) is 0 Å². The van der Waals surface area contributed by atoms with Crippen LogP contribution in [0.15, 0.2) is 12.1 Å². The summed E-state index contributed by atoms with van der Waals surface area (Å²) in [5.41, 5.74) is 5.00. The van der Waals surface area contributed by atoms with E-state index in [4.69, 9.17) is 5.73 Å². The number of aliphatic hydroxyl groups excluding tert-OH is 1. The molecule has 0 radical (unpaired) electrons. The summed E-state index contributed by atoms with van der Waals surface area (Å²) in [4.78, 5) is 14.1. The van der Waals surface area contributed by atoms with Gasteiger partial charge in [-0.05, 0) is 19.3 Å². The molecule has 7 heteroatoms. The number of aliphatic hydroxyl groups is 1. The van der Waals surface area contributed by atoms with Crippen LogP contribution in [0.5, 0.6) is 0 Å². The average molecular weight is 238 g/mol. The van der Waals surface area contributed by atoms with Crippen molar-refractivity contribution in [3.05, 3.63) is 22.2 Å². The maximum atomic E-state index is 10.7. The minimum absolute atomic E-state index is 0.0166. The minimum Gasteiger partial charge on any atom is -0.394 e. The molecule has 1 fully saturated rings. The Bertz CT molecular complexity index is 440. The third-order valence-corrected chi connectivity index (χ3v) is 3.05. The van der Waals surface area contributed by atoms with Gasteiger partial charge >= 0.3 is 0 Å². The predicted molar refractivity (Wildman–Crippen MR) is 62.6 cm³/mol. The second-order valence-electron chi connectivity index (χ2n) is 4.31. The van der Waals surface area contributed by atoms with E-state index in [-0.39, 0.29) is 18.1 Å². The molecular formula is C10H14N4O3. The Morgan fingerprint density at radius 2 is 2.29 bits per heavy atom. The van der Waals surface area contributed by atoms with Crippen LogP contribution in [0.3, 0.4) is 0 Å². The molecule has 4 N–H and O–H groups in total. The fourth-order valence-corrected chi connectivity index (χ4v) is 1.90. The summed E-state index contributed by atoms with van der Waals surface area (Å²) >= 11 is 0. The molecule has 1 aliphatic carbocycles. The number of nitrogens with one attached hydrogen (secondary N) is 1. The van der Waals surface area contributed by atoms with Gasteiger partial charge in [-0.2, -0.15) is 0 Å². The van der Waals surface area contributed by atoms with E-state index in [9.17, 15) is 15.2 Å². The van der Waals surface area contributed by atoms with Crippen LogP contribution in [0.1, 0.15) is 19.3 Å². The molecule has 1 heterocycles. The zero-order valence-corrected chi connectivity index (χ0v) is 9.22. The summed E-state index contributed by atoms with van der Waals surface area (Å²) in [7, 11) is 0. The number of hydrogen-bond donors (Lipinski definition) is 3. The van der Waals surface area contributed by atoms with E-state index < -0.39 is 10.5 Å². The first kappa shape index (κ1) is 11.6. The zero-order valence-electron chi connectivity index (χ0n) is 9.22. The van der Waals surface area contributed by atoms with Gasteiger partial charge < -0.3 is 16.2 Å². The van der Waals surface area contributed by atoms with Crippen molar-refractivity contribution in [1.82, 2.24) is 4.98 Å². The van der Waals surface area contributed by atoms with Crippen LogP contribution in [0.25, 0.3) is 0 Å². The Labute approximate surface area is 97.8 Å². The summed E-state index contributed by atoms with van der Waals surface area (Å²) < 4.78 is 0. The van der Waals surface area contributed by atoms with Crippen molar-refractivity contribution in [2.24, 2.45) is 0 Å². The van der Waals surface area contributed by atoms with Crippen molar-refractivity contribution in [2.45, 2.75) is 24.8 Å². The lowest BCUT2D eigenvalue weighted by Crippen LogP contribution is -2.48. The van der Waals surface area contributed by atoms with Crippen LogP contribution in [0, 0.1) is 10.1 Å². The highest BCUT2D eigenvalue weighted by Crippen LogP contribution is 2.35. The molecule has 0 bridgehead atoms. The maximum Gasteiger partial charge on any atom is 0.276 e. The van der Waals surface area contributed by atoms with Gasteiger partial charge in [0, 0.05) is 0 Å². The monoisotopic (exact) mass is 238 g/mol. The van der Waals surface area contributed by atoms with Gasteiger partial charge in [0.05, 0.1) is 29.2 Å².